The summed E-state index contributed by atoms with van der Waals surface area (Å²) in [5.74, 6) is -0.596. The van der Waals surface area contributed by atoms with E-state index in [9.17, 15) is 9.59 Å². The number of rotatable bonds is 4. The van der Waals surface area contributed by atoms with Crippen molar-refractivity contribution in [1.29, 1.82) is 0 Å². The van der Waals surface area contributed by atoms with Crippen LogP contribution in [-0.2, 0) is 4.79 Å². The fraction of sp³-hybridized carbons (Fsp3) is 0.176. The molecule has 0 radical (unpaired) electrons. The van der Waals surface area contributed by atoms with Gasteiger partial charge in [0.15, 0.2) is 0 Å². The zero-order valence-electron chi connectivity index (χ0n) is 12.7. The van der Waals surface area contributed by atoms with Gasteiger partial charge in [0.05, 0.1) is 12.1 Å². The Labute approximate surface area is 153 Å². The van der Waals surface area contributed by atoms with Crippen molar-refractivity contribution in [2.24, 2.45) is 0 Å². The quantitative estimate of drug-likeness (QED) is 0.705. The molecule has 2 aromatic rings. The lowest BCUT2D eigenvalue weighted by atomic mass is 10.1. The van der Waals surface area contributed by atoms with Gasteiger partial charge < -0.3 is 10.6 Å². The second-order valence-corrected chi connectivity index (χ2v) is 6.72. The maximum atomic E-state index is 12.2. The molecule has 0 fully saturated rings. The number of amides is 2. The van der Waals surface area contributed by atoms with Gasteiger partial charge in [0, 0.05) is 14.3 Å². The Bertz CT molecular complexity index is 742. The van der Waals surface area contributed by atoms with Crippen LogP contribution in [0.5, 0.6) is 0 Å². The molecule has 2 amide bonds. The zero-order valence-corrected chi connectivity index (χ0v) is 15.7. The molecule has 0 aromatic heterocycles. The number of hydrogen-bond donors (Lipinski definition) is 2. The lowest BCUT2D eigenvalue weighted by Gasteiger charge is -2.12. The van der Waals surface area contributed by atoms with E-state index in [0.717, 1.165) is 20.4 Å². The molecule has 4 nitrogen and oxygen atoms in total. The van der Waals surface area contributed by atoms with Crippen molar-refractivity contribution < 1.29 is 9.59 Å². The molecule has 0 aliphatic heterocycles. The van der Waals surface area contributed by atoms with E-state index < -0.39 is 0 Å². The molecule has 0 heterocycles. The number of anilines is 1. The summed E-state index contributed by atoms with van der Waals surface area (Å²) in [6, 6.07) is 10.8. The summed E-state index contributed by atoms with van der Waals surface area (Å²) >= 11 is 7.96. The van der Waals surface area contributed by atoms with Crippen LogP contribution in [0.1, 0.15) is 21.5 Å². The molecule has 120 valence electrons. The van der Waals surface area contributed by atoms with Gasteiger partial charge in [-0.3, -0.25) is 9.59 Å². The number of benzene rings is 2. The molecule has 2 N–H and O–H groups in total. The molecule has 6 heteroatoms. The molecule has 2 aromatic carbocycles. The molecule has 0 saturated carbocycles. The van der Waals surface area contributed by atoms with Gasteiger partial charge in [0.25, 0.3) is 5.91 Å². The Morgan fingerprint density at radius 1 is 1.13 bits per heavy atom. The summed E-state index contributed by atoms with van der Waals surface area (Å²) in [4.78, 5) is 24.2. The number of carbonyl (C=O) groups is 2. The Morgan fingerprint density at radius 2 is 1.78 bits per heavy atom. The van der Waals surface area contributed by atoms with Crippen LogP contribution in [0.15, 0.2) is 36.4 Å². The molecule has 23 heavy (non-hydrogen) atoms. The molecule has 2 rings (SSSR count). The highest BCUT2D eigenvalue weighted by molar-refractivity contribution is 14.1. The van der Waals surface area contributed by atoms with E-state index in [2.05, 4.69) is 33.2 Å². The zero-order chi connectivity index (χ0) is 17.0. The third-order valence-electron chi connectivity index (χ3n) is 3.33. The Kier molecular flexibility index (Phi) is 6.01. The largest absolute Gasteiger partial charge is 0.343 e. The smallest absolute Gasteiger partial charge is 0.252 e. The van der Waals surface area contributed by atoms with E-state index in [1.807, 2.05) is 32.0 Å². The van der Waals surface area contributed by atoms with Crippen molar-refractivity contribution in [3.05, 3.63) is 61.7 Å². The van der Waals surface area contributed by atoms with Crippen LogP contribution in [0.3, 0.4) is 0 Å². The van der Waals surface area contributed by atoms with E-state index >= 15 is 0 Å². The fourth-order valence-corrected chi connectivity index (χ4v) is 2.88. The minimum atomic E-state index is -0.325. The third-order valence-corrected chi connectivity index (χ3v) is 4.50. The van der Waals surface area contributed by atoms with Crippen LogP contribution in [0.2, 0.25) is 5.02 Å². The summed E-state index contributed by atoms with van der Waals surface area (Å²) in [7, 11) is 0. The van der Waals surface area contributed by atoms with Crippen LogP contribution < -0.4 is 10.6 Å². The average Bonchev–Trinajstić information content (AvgIpc) is 2.51. The fourth-order valence-electron chi connectivity index (χ4n) is 2.12. The number of carbonyl (C=O) groups excluding carboxylic acids is 2. The van der Waals surface area contributed by atoms with Gasteiger partial charge in [0.2, 0.25) is 5.91 Å². The molecular formula is C17H16ClIN2O2. The minimum absolute atomic E-state index is 0.102. The van der Waals surface area contributed by atoms with Crippen molar-refractivity contribution in [3.63, 3.8) is 0 Å². The molecule has 0 unspecified atom stereocenters. The summed E-state index contributed by atoms with van der Waals surface area (Å²) in [6.07, 6.45) is 0. The predicted octanol–water partition coefficient (Wildman–Crippen LogP) is 3.93. The van der Waals surface area contributed by atoms with Gasteiger partial charge in [-0.1, -0.05) is 29.8 Å². The second kappa shape index (κ2) is 7.79. The minimum Gasteiger partial charge on any atom is -0.343 e. The summed E-state index contributed by atoms with van der Waals surface area (Å²) in [5, 5.41) is 5.92. The van der Waals surface area contributed by atoms with E-state index in [0.29, 0.717) is 10.6 Å². The van der Waals surface area contributed by atoms with Crippen LogP contribution in [0.25, 0.3) is 0 Å². The molecule has 0 atom stereocenters. The van der Waals surface area contributed by atoms with Gasteiger partial charge >= 0.3 is 0 Å². The number of hydrogen-bond acceptors (Lipinski definition) is 2. The topological polar surface area (TPSA) is 58.2 Å². The van der Waals surface area contributed by atoms with Gasteiger partial charge in [-0.2, -0.15) is 0 Å². The Hall–Kier alpha value is -1.60. The predicted molar refractivity (Wildman–Crippen MR) is 101 cm³/mol. The van der Waals surface area contributed by atoms with Crippen LogP contribution in [-0.4, -0.2) is 18.4 Å². The summed E-state index contributed by atoms with van der Waals surface area (Å²) in [5.41, 5.74) is 3.20. The first-order chi connectivity index (χ1) is 10.9. The lowest BCUT2D eigenvalue weighted by Crippen LogP contribution is -2.33. The van der Waals surface area contributed by atoms with E-state index in [1.165, 1.54) is 0 Å². The molecule has 0 saturated heterocycles. The first kappa shape index (κ1) is 17.7. The third kappa shape index (κ3) is 4.68. The van der Waals surface area contributed by atoms with Crippen molar-refractivity contribution in [3.8, 4) is 0 Å². The molecule has 0 aliphatic rings. The van der Waals surface area contributed by atoms with Gasteiger partial charge in [-0.15, -0.1) is 0 Å². The SMILES string of the molecule is Cc1cccc(C)c1NC(=O)CNC(=O)c1cc(Cl)ccc1I. The number of halogens is 2. The Morgan fingerprint density at radius 3 is 2.43 bits per heavy atom. The summed E-state index contributed by atoms with van der Waals surface area (Å²) in [6.45, 7) is 3.75. The lowest BCUT2D eigenvalue weighted by molar-refractivity contribution is -0.115. The highest BCUT2D eigenvalue weighted by atomic mass is 127. The number of para-hydroxylation sites is 1. The van der Waals surface area contributed by atoms with E-state index in [4.69, 9.17) is 11.6 Å². The van der Waals surface area contributed by atoms with Crippen molar-refractivity contribution in [2.45, 2.75) is 13.8 Å². The van der Waals surface area contributed by atoms with Gasteiger partial charge in [-0.25, -0.2) is 0 Å². The van der Waals surface area contributed by atoms with Crippen molar-refractivity contribution in [1.82, 2.24) is 5.32 Å². The van der Waals surface area contributed by atoms with Crippen molar-refractivity contribution in [2.75, 3.05) is 11.9 Å². The highest BCUT2D eigenvalue weighted by Crippen LogP contribution is 2.19. The summed E-state index contributed by atoms with van der Waals surface area (Å²) < 4.78 is 0.777. The molecule has 0 spiro atoms. The second-order valence-electron chi connectivity index (χ2n) is 5.12. The average molecular weight is 443 g/mol. The maximum absolute atomic E-state index is 12.2. The normalized spacial score (nSPS) is 10.3. The number of nitrogens with one attached hydrogen (secondary N) is 2. The monoisotopic (exact) mass is 442 g/mol. The molecule has 0 bridgehead atoms. The Balaban J connectivity index is 1.99. The standard InChI is InChI=1S/C17H16ClIN2O2/c1-10-4-3-5-11(2)16(10)21-15(22)9-20-17(23)13-8-12(18)6-7-14(13)19/h3-8H,9H2,1-2H3,(H,20,23)(H,21,22). The van der Waals surface area contributed by atoms with Crippen LogP contribution in [0.4, 0.5) is 5.69 Å². The van der Waals surface area contributed by atoms with E-state index in [-0.39, 0.29) is 18.4 Å². The van der Waals surface area contributed by atoms with E-state index in [1.54, 1.807) is 18.2 Å². The molecular weight excluding hydrogens is 427 g/mol. The van der Waals surface area contributed by atoms with Crippen LogP contribution >= 0.6 is 34.2 Å². The number of aryl methyl sites for hydroxylation is 2. The van der Waals surface area contributed by atoms with Crippen molar-refractivity contribution >= 4 is 51.7 Å². The van der Waals surface area contributed by atoms with Gasteiger partial charge in [0.1, 0.15) is 0 Å². The molecule has 0 aliphatic carbocycles. The van der Waals surface area contributed by atoms with Gasteiger partial charge in [-0.05, 0) is 65.8 Å². The first-order valence-corrected chi connectivity index (χ1v) is 8.43. The van der Waals surface area contributed by atoms with Crippen LogP contribution in [0, 0.1) is 17.4 Å². The maximum Gasteiger partial charge on any atom is 0.252 e. The first-order valence-electron chi connectivity index (χ1n) is 6.98. The highest BCUT2D eigenvalue weighted by Gasteiger charge is 2.13.